The molecule has 1 aliphatic heterocycles. The summed E-state index contributed by atoms with van der Waals surface area (Å²) in [6.07, 6.45) is -3.21. The van der Waals surface area contributed by atoms with E-state index in [1.165, 1.54) is 33.1 Å². The molecule has 0 N–H and O–H groups in total. The van der Waals surface area contributed by atoms with Gasteiger partial charge in [-0.15, -0.1) is 0 Å². The van der Waals surface area contributed by atoms with Crippen LogP contribution in [0.1, 0.15) is 62.6 Å². The van der Waals surface area contributed by atoms with Gasteiger partial charge in [0.1, 0.15) is 5.69 Å². The number of ketones is 1. The summed E-state index contributed by atoms with van der Waals surface area (Å²) in [5.41, 5.74) is -1.12. The van der Waals surface area contributed by atoms with E-state index < -0.39 is 23.6 Å². The van der Waals surface area contributed by atoms with Crippen molar-refractivity contribution in [2.24, 2.45) is 5.92 Å². The lowest BCUT2D eigenvalue weighted by Gasteiger charge is -2.32. The smallest absolute Gasteiger partial charge is 0.435 e. The first-order chi connectivity index (χ1) is 17.8. The molecule has 0 atom stereocenters. The Balaban J connectivity index is 1.65. The highest BCUT2D eigenvalue weighted by molar-refractivity contribution is 6.42. The van der Waals surface area contributed by atoms with E-state index in [1.807, 2.05) is 0 Å². The molecule has 1 aliphatic rings. The molecule has 1 aromatic carbocycles. The Morgan fingerprint density at radius 2 is 1.79 bits per heavy atom. The zero-order valence-electron chi connectivity index (χ0n) is 20.7. The van der Waals surface area contributed by atoms with Crippen molar-refractivity contribution < 1.29 is 32.3 Å². The maximum Gasteiger partial charge on any atom is 0.435 e. The Hall–Kier alpha value is -3.18. The number of likely N-dealkylation sites (tertiary alicyclic amines) is 1. The molecule has 4 rings (SSSR count). The summed E-state index contributed by atoms with van der Waals surface area (Å²) in [4.78, 5) is 44.2. The Morgan fingerprint density at radius 3 is 2.39 bits per heavy atom. The lowest BCUT2D eigenvalue weighted by molar-refractivity contribution is -0.142. The van der Waals surface area contributed by atoms with Gasteiger partial charge in [-0.2, -0.15) is 18.3 Å². The predicted octanol–water partition coefficient (Wildman–Crippen LogP) is 5.32. The van der Waals surface area contributed by atoms with Crippen molar-refractivity contribution >= 4 is 46.5 Å². The Kier molecular flexibility index (Phi) is 7.72. The first-order valence-corrected chi connectivity index (χ1v) is 12.4. The van der Waals surface area contributed by atoms with Gasteiger partial charge in [0.2, 0.25) is 5.78 Å². The molecule has 38 heavy (non-hydrogen) atoms. The van der Waals surface area contributed by atoms with Crippen LogP contribution in [0, 0.1) is 19.8 Å². The van der Waals surface area contributed by atoms with Gasteiger partial charge in [-0.1, -0.05) is 23.2 Å². The average molecular weight is 571 g/mol. The normalized spacial score (nSPS) is 14.7. The molecule has 2 aromatic heterocycles. The Labute approximate surface area is 225 Å². The summed E-state index contributed by atoms with van der Waals surface area (Å²) < 4.78 is 45.5. The molecule has 0 bridgehead atoms. The van der Waals surface area contributed by atoms with Crippen molar-refractivity contribution in [1.29, 1.82) is 0 Å². The van der Waals surface area contributed by atoms with Crippen LogP contribution in [0.2, 0.25) is 10.0 Å². The average Bonchev–Trinajstić information content (AvgIpc) is 3.20. The number of rotatable bonds is 5. The van der Waals surface area contributed by atoms with Crippen molar-refractivity contribution in [1.82, 2.24) is 19.5 Å². The third-order valence-corrected chi connectivity index (χ3v) is 7.34. The number of benzene rings is 1. The number of aryl methyl sites for hydroxylation is 2. The molecule has 0 spiro atoms. The molecular weight excluding hydrogens is 548 g/mol. The molecule has 202 valence electrons. The van der Waals surface area contributed by atoms with E-state index in [1.54, 1.807) is 4.90 Å². The molecule has 0 saturated carbocycles. The second-order valence-electron chi connectivity index (χ2n) is 9.12. The number of imidazole rings is 1. The standard InChI is InChI=1S/C25H23Cl2F3N4O4/c1-12-10-17(25(28,29)30)32-34-13(2)21(31-23(12)34)22(36)19-16(26)5-4-15(20(19)27)24(37)33-8-6-14(7-9-33)11-18(35)38-3/h4-5,10,14H,6-9,11H2,1-3H3. The maximum absolute atomic E-state index is 13.5. The third-order valence-electron chi connectivity index (χ3n) is 6.63. The van der Waals surface area contributed by atoms with Crippen LogP contribution in [-0.4, -0.2) is 57.4 Å². The highest BCUT2D eigenvalue weighted by atomic mass is 35.5. The molecule has 13 heteroatoms. The summed E-state index contributed by atoms with van der Waals surface area (Å²) in [7, 11) is 1.33. The van der Waals surface area contributed by atoms with E-state index >= 15 is 0 Å². The summed E-state index contributed by atoms with van der Waals surface area (Å²) >= 11 is 12.9. The molecule has 1 amide bonds. The number of amides is 1. The highest BCUT2D eigenvalue weighted by Gasteiger charge is 2.35. The van der Waals surface area contributed by atoms with Crippen molar-refractivity contribution in [3.63, 3.8) is 0 Å². The monoisotopic (exact) mass is 570 g/mol. The topological polar surface area (TPSA) is 93.9 Å². The van der Waals surface area contributed by atoms with Crippen LogP contribution in [0.4, 0.5) is 13.2 Å². The predicted molar refractivity (Wildman–Crippen MR) is 133 cm³/mol. The van der Waals surface area contributed by atoms with Crippen molar-refractivity contribution in [2.75, 3.05) is 20.2 Å². The molecule has 8 nitrogen and oxygen atoms in total. The second-order valence-corrected chi connectivity index (χ2v) is 9.91. The fourth-order valence-electron chi connectivity index (χ4n) is 4.50. The molecule has 1 saturated heterocycles. The van der Waals surface area contributed by atoms with Crippen LogP contribution in [0.3, 0.4) is 0 Å². The second kappa shape index (κ2) is 10.5. The minimum absolute atomic E-state index is 0.0366. The Morgan fingerprint density at radius 1 is 1.13 bits per heavy atom. The molecule has 0 unspecified atom stereocenters. The van der Waals surface area contributed by atoms with Gasteiger partial charge in [-0.25, -0.2) is 9.50 Å². The highest BCUT2D eigenvalue weighted by Crippen LogP contribution is 2.34. The number of piperidine rings is 1. The zero-order valence-corrected chi connectivity index (χ0v) is 22.2. The first-order valence-electron chi connectivity index (χ1n) is 11.7. The minimum atomic E-state index is -4.69. The summed E-state index contributed by atoms with van der Waals surface area (Å²) in [5, 5.41) is 3.39. The first kappa shape index (κ1) is 27.8. The van der Waals surface area contributed by atoms with Crippen LogP contribution in [0.15, 0.2) is 18.2 Å². The lowest BCUT2D eigenvalue weighted by Crippen LogP contribution is -2.39. The van der Waals surface area contributed by atoms with Crippen LogP contribution >= 0.6 is 23.2 Å². The Bertz CT molecular complexity index is 1450. The summed E-state index contributed by atoms with van der Waals surface area (Å²) in [6.45, 7) is 3.62. The number of halogens is 5. The van der Waals surface area contributed by atoms with Gasteiger partial charge in [-0.05, 0) is 56.4 Å². The number of carbonyl (C=O) groups is 3. The van der Waals surface area contributed by atoms with Crippen LogP contribution < -0.4 is 0 Å². The van der Waals surface area contributed by atoms with E-state index in [0.717, 1.165) is 10.6 Å². The minimum Gasteiger partial charge on any atom is -0.469 e. The molecular formula is C25H23Cl2F3N4O4. The summed E-state index contributed by atoms with van der Waals surface area (Å²) in [6, 6.07) is 3.64. The van der Waals surface area contributed by atoms with Crippen molar-refractivity contribution in [3.05, 3.63) is 62.0 Å². The number of hydrogen-bond acceptors (Lipinski definition) is 6. The third kappa shape index (κ3) is 5.22. The SMILES string of the molecule is COC(=O)CC1CCN(C(=O)c2ccc(Cl)c(C(=O)c3nc4c(C)cc(C(F)(F)F)nn4c3C)c2Cl)CC1. The number of ether oxygens (including phenoxy) is 1. The van der Waals surface area contributed by atoms with Gasteiger partial charge in [0.25, 0.3) is 5.91 Å². The van der Waals surface area contributed by atoms with Gasteiger partial charge < -0.3 is 9.64 Å². The number of alkyl halides is 3. The van der Waals surface area contributed by atoms with Crippen molar-refractivity contribution in [3.8, 4) is 0 Å². The van der Waals surface area contributed by atoms with E-state index in [0.29, 0.717) is 25.9 Å². The van der Waals surface area contributed by atoms with E-state index in [2.05, 4.69) is 10.1 Å². The number of nitrogens with zero attached hydrogens (tertiary/aromatic N) is 4. The summed E-state index contributed by atoms with van der Waals surface area (Å²) in [5.74, 6) is -1.36. The largest absolute Gasteiger partial charge is 0.469 e. The fraction of sp³-hybridized carbons (Fsp3) is 0.400. The number of carbonyl (C=O) groups excluding carboxylic acids is 3. The number of hydrogen-bond donors (Lipinski definition) is 0. The van der Waals surface area contributed by atoms with Crippen molar-refractivity contribution in [2.45, 2.75) is 39.3 Å². The van der Waals surface area contributed by atoms with Crippen LogP contribution in [0.5, 0.6) is 0 Å². The van der Waals surface area contributed by atoms with E-state index in [-0.39, 0.29) is 62.1 Å². The molecule has 3 heterocycles. The van der Waals surface area contributed by atoms with E-state index in [9.17, 15) is 27.6 Å². The maximum atomic E-state index is 13.5. The van der Waals surface area contributed by atoms with Crippen LogP contribution in [0.25, 0.3) is 5.65 Å². The van der Waals surface area contributed by atoms with Gasteiger partial charge in [0.05, 0.1) is 34.0 Å². The lowest BCUT2D eigenvalue weighted by atomic mass is 9.93. The quantitative estimate of drug-likeness (QED) is 0.304. The van der Waals surface area contributed by atoms with Gasteiger partial charge in [-0.3, -0.25) is 14.4 Å². The molecule has 3 aromatic rings. The van der Waals surface area contributed by atoms with Gasteiger partial charge in [0.15, 0.2) is 11.3 Å². The number of fused-ring (bicyclic) bond motifs is 1. The van der Waals surface area contributed by atoms with Crippen LogP contribution in [-0.2, 0) is 15.7 Å². The zero-order chi connectivity index (χ0) is 27.9. The molecule has 0 aliphatic carbocycles. The van der Waals surface area contributed by atoms with Gasteiger partial charge >= 0.3 is 12.1 Å². The van der Waals surface area contributed by atoms with E-state index in [4.69, 9.17) is 27.9 Å². The number of methoxy groups -OCH3 is 1. The molecule has 0 radical (unpaired) electrons. The number of esters is 1. The molecule has 1 fully saturated rings. The number of aromatic nitrogens is 3. The van der Waals surface area contributed by atoms with Gasteiger partial charge in [0, 0.05) is 19.5 Å². The fourth-order valence-corrected chi connectivity index (χ4v) is 5.13.